The van der Waals surface area contributed by atoms with Crippen LogP contribution in [0.3, 0.4) is 0 Å². The Hall–Kier alpha value is -10.8. The van der Waals surface area contributed by atoms with Gasteiger partial charge in [0.25, 0.3) is 5.97 Å². The summed E-state index contributed by atoms with van der Waals surface area (Å²) in [6, 6.07) is 41.0. The predicted octanol–water partition coefficient (Wildman–Crippen LogP) is 13.6. The molecule has 0 amide bonds. The van der Waals surface area contributed by atoms with Crippen molar-refractivity contribution < 1.29 is 100 Å². The van der Waals surface area contributed by atoms with Crippen LogP contribution < -0.4 is 18.9 Å². The van der Waals surface area contributed by atoms with Gasteiger partial charge < -0.3 is 54.0 Å². The van der Waals surface area contributed by atoms with Crippen LogP contribution in [-0.2, 0) is 19.1 Å². The number of hydrogen-bond donors (Lipinski definition) is 5. The molecule has 92 heavy (non-hydrogen) atoms. The highest BCUT2D eigenvalue weighted by atomic mass is 19.1. The number of fused-ring (bicyclic) bond motifs is 4. The molecule has 4 heterocycles. The number of hydrogen-bond acceptors (Lipinski definition) is 16. The normalized spacial score (nSPS) is 16.2. The molecule has 17 nitrogen and oxygen atoms in total. The number of phenolic OH excluding ortho intramolecular Hbond substituents is 4. The van der Waals surface area contributed by atoms with Gasteiger partial charge in [-0.1, -0.05) is 48.5 Å². The van der Waals surface area contributed by atoms with E-state index in [1.165, 1.54) is 118 Å². The zero-order valence-corrected chi connectivity index (χ0v) is 51.0. The maximum atomic E-state index is 12.9. The monoisotopic (exact) mass is 1270 g/mol. The molecule has 4 aliphatic rings. The van der Waals surface area contributed by atoms with Gasteiger partial charge in [0.05, 0.1) is 45.9 Å². The van der Waals surface area contributed by atoms with Gasteiger partial charge in [0, 0.05) is 38.1 Å². The number of esters is 1. The fraction of sp³-hybridized carbons (Fsp3) is 0.225. The van der Waals surface area contributed by atoms with Crippen molar-refractivity contribution in [3.8, 4) is 46.0 Å². The van der Waals surface area contributed by atoms with Crippen LogP contribution in [-0.4, -0.2) is 98.4 Å². The maximum absolute atomic E-state index is 12.9. The lowest BCUT2D eigenvalue weighted by Gasteiger charge is -2.24. The minimum atomic E-state index is -0.833. The Morgan fingerprint density at radius 2 is 0.565 bits per heavy atom. The maximum Gasteiger partial charge on any atom is 0.303 e. The highest BCUT2D eigenvalue weighted by Crippen LogP contribution is 2.39. The summed E-state index contributed by atoms with van der Waals surface area (Å²) >= 11 is 0. The number of ether oxygens (including phenoxy) is 5. The summed E-state index contributed by atoms with van der Waals surface area (Å²) < 4.78 is 78.4. The van der Waals surface area contributed by atoms with Crippen molar-refractivity contribution in [1.29, 1.82) is 0 Å². The van der Waals surface area contributed by atoms with Gasteiger partial charge in [-0.25, -0.2) is 17.6 Å². The number of carboxylic acid groups (broad SMARTS) is 1. The van der Waals surface area contributed by atoms with Crippen LogP contribution in [0.15, 0.2) is 170 Å². The summed E-state index contributed by atoms with van der Waals surface area (Å²) in [7, 11) is 0. The van der Waals surface area contributed by atoms with Gasteiger partial charge in [0.1, 0.15) is 107 Å². The van der Waals surface area contributed by atoms with Crippen molar-refractivity contribution in [1.82, 2.24) is 0 Å². The average Bonchev–Trinajstić information content (AvgIpc) is 0.882. The van der Waals surface area contributed by atoms with Crippen molar-refractivity contribution in [3.63, 3.8) is 0 Å². The van der Waals surface area contributed by atoms with Crippen molar-refractivity contribution in [2.24, 2.45) is 0 Å². The largest absolute Gasteiger partial charge is 0.508 e. The first-order valence-corrected chi connectivity index (χ1v) is 28.4. The minimum absolute atomic E-state index is 0.0618. The van der Waals surface area contributed by atoms with Crippen LogP contribution in [0.1, 0.15) is 136 Å². The lowest BCUT2D eigenvalue weighted by molar-refractivity contribution is -0.152. The highest BCUT2D eigenvalue weighted by Gasteiger charge is 2.34. The fourth-order valence-corrected chi connectivity index (χ4v) is 9.28. The second-order valence-electron chi connectivity index (χ2n) is 22.0. The number of aromatic hydroxyl groups is 4. The molecule has 4 aliphatic heterocycles. The SMILES string of the molecule is CC(=O)O.CC(=O)OC(C)(C)C.CC(C)=O.O=C1c2ccc(O)cc2OCC1c1ccc(F)cc1.O=C1c2ccc(O)cc2OCC1c1ccc(F)cc1.O=C1c2ccc(O)cc2OCC1c1ccc(F)cc1.O=C1c2ccc(O)cc2OCC1c1ccc(F)cc1. The summed E-state index contributed by atoms with van der Waals surface area (Å²) in [5.41, 5.74) is 4.35. The van der Waals surface area contributed by atoms with Crippen LogP contribution in [0.25, 0.3) is 0 Å². The van der Waals surface area contributed by atoms with E-state index < -0.39 is 29.6 Å². The van der Waals surface area contributed by atoms with Gasteiger partial charge in [0.15, 0.2) is 23.1 Å². The highest BCUT2D eigenvalue weighted by molar-refractivity contribution is 6.06. The molecule has 5 N–H and O–H groups in total. The van der Waals surface area contributed by atoms with Crippen LogP contribution in [0.4, 0.5) is 17.6 Å². The number of carbonyl (C=O) groups excluding carboxylic acids is 6. The molecule has 0 aliphatic carbocycles. The van der Waals surface area contributed by atoms with Gasteiger partial charge in [-0.3, -0.25) is 28.8 Å². The van der Waals surface area contributed by atoms with E-state index >= 15 is 0 Å². The van der Waals surface area contributed by atoms with Crippen molar-refractivity contribution >= 4 is 40.9 Å². The van der Waals surface area contributed by atoms with Gasteiger partial charge in [-0.2, -0.15) is 0 Å². The van der Waals surface area contributed by atoms with E-state index in [2.05, 4.69) is 0 Å². The number of aliphatic carboxylic acids is 1. The van der Waals surface area contributed by atoms with Crippen molar-refractivity contribution in [2.45, 2.75) is 77.7 Å². The van der Waals surface area contributed by atoms with Gasteiger partial charge >= 0.3 is 5.97 Å². The third-order valence-electron chi connectivity index (χ3n) is 13.4. The number of carbonyl (C=O) groups is 7. The molecule has 0 aromatic heterocycles. The summed E-state index contributed by atoms with van der Waals surface area (Å²) in [5.74, 6) is -2.45. The molecule has 0 spiro atoms. The molecule has 0 fully saturated rings. The third-order valence-corrected chi connectivity index (χ3v) is 13.4. The number of rotatable bonds is 4. The lowest BCUT2D eigenvalue weighted by Crippen LogP contribution is -2.25. The number of benzene rings is 8. The molecule has 8 aromatic rings. The lowest BCUT2D eigenvalue weighted by atomic mass is 9.89. The van der Waals surface area contributed by atoms with E-state index in [1.807, 2.05) is 20.8 Å². The molecule has 480 valence electrons. The minimum Gasteiger partial charge on any atom is -0.508 e. The molecule has 0 radical (unpaired) electrons. The molecule has 4 unspecified atom stereocenters. The quantitative estimate of drug-likeness (QED) is 0.0809. The average molecular weight is 1270 g/mol. The first-order valence-electron chi connectivity index (χ1n) is 28.4. The van der Waals surface area contributed by atoms with Crippen LogP contribution >= 0.6 is 0 Å². The molecule has 21 heteroatoms. The van der Waals surface area contributed by atoms with Gasteiger partial charge in [-0.05, 0) is 154 Å². The van der Waals surface area contributed by atoms with Crippen molar-refractivity contribution in [3.05, 3.63) is 238 Å². The standard InChI is InChI=1S/4C15H11FO3.C6H12O2.C3H6O.C2H4O2/c4*16-10-3-1-9(2-4-10)13-8-19-14-7-11(17)5-6-12(14)15(13)18;1-5(7)8-6(2,3)4;1-3(2)4;1-2(3)4/h4*1-7,13,17H,8H2;1-4H3;1-2H3;1H3,(H,3,4). The third kappa shape index (κ3) is 20.4. The number of Topliss-reactive ketones (excluding diaryl/α,β-unsaturated/α-hetero) is 5. The fourth-order valence-electron chi connectivity index (χ4n) is 9.28. The first kappa shape index (κ1) is 70.3. The number of carboxylic acids is 1. The number of phenols is 4. The predicted molar refractivity (Wildman–Crippen MR) is 329 cm³/mol. The molecular weight excluding hydrogens is 1200 g/mol. The number of ketones is 5. The van der Waals surface area contributed by atoms with E-state index in [0.717, 1.165) is 29.2 Å². The first-order chi connectivity index (χ1) is 43.5. The molecule has 0 bridgehead atoms. The molecule has 8 aromatic carbocycles. The van der Waals surface area contributed by atoms with E-state index in [-0.39, 0.29) is 113 Å². The second kappa shape index (κ2) is 32.1. The topological polar surface area (TPSA) is 267 Å². The molecule has 12 rings (SSSR count). The summed E-state index contributed by atoms with van der Waals surface area (Å²) in [6.45, 7) is 11.9. The van der Waals surface area contributed by atoms with E-state index in [1.54, 1.807) is 72.8 Å². The van der Waals surface area contributed by atoms with E-state index in [0.29, 0.717) is 45.3 Å². The van der Waals surface area contributed by atoms with Crippen LogP contribution in [0, 0.1) is 23.3 Å². The smallest absolute Gasteiger partial charge is 0.303 e. The van der Waals surface area contributed by atoms with E-state index in [4.69, 9.17) is 33.6 Å². The zero-order valence-electron chi connectivity index (χ0n) is 51.0. The molecule has 4 atom stereocenters. The summed E-state index contributed by atoms with van der Waals surface area (Å²) in [4.78, 5) is 78.1. The Labute approximate surface area is 527 Å². The Morgan fingerprint density at radius 1 is 0.380 bits per heavy atom. The van der Waals surface area contributed by atoms with E-state index in [9.17, 15) is 66.8 Å². The molecule has 0 saturated carbocycles. The zero-order chi connectivity index (χ0) is 67.6. The molecular formula is C71H66F4O17. The number of halogens is 4. The molecule has 0 saturated heterocycles. The van der Waals surface area contributed by atoms with Crippen LogP contribution in [0.2, 0.25) is 0 Å². The van der Waals surface area contributed by atoms with Gasteiger partial charge in [0.2, 0.25) is 0 Å². The summed E-state index contributed by atoms with van der Waals surface area (Å²) in [5, 5.41) is 44.8. The van der Waals surface area contributed by atoms with Crippen LogP contribution in [0.5, 0.6) is 46.0 Å². The Bertz CT molecular complexity index is 3440. The van der Waals surface area contributed by atoms with Crippen molar-refractivity contribution in [2.75, 3.05) is 26.4 Å². The van der Waals surface area contributed by atoms with Gasteiger partial charge in [-0.15, -0.1) is 0 Å². The Kier molecular flexibility index (Phi) is 24.5. The summed E-state index contributed by atoms with van der Waals surface area (Å²) in [6.07, 6.45) is 0. The second-order valence-corrected chi connectivity index (χ2v) is 22.0. The Balaban J connectivity index is 0.000000180. The Morgan fingerprint density at radius 3 is 0.717 bits per heavy atom.